The first-order valence-corrected chi connectivity index (χ1v) is 5.43. The van der Waals surface area contributed by atoms with Gasteiger partial charge < -0.3 is 10.8 Å². The van der Waals surface area contributed by atoms with Crippen molar-refractivity contribution in [2.75, 3.05) is 6.61 Å². The van der Waals surface area contributed by atoms with Crippen LogP contribution in [0, 0.1) is 13.8 Å². The lowest BCUT2D eigenvalue weighted by Crippen LogP contribution is -2.33. The molecule has 0 fully saturated rings. The molecule has 0 aliphatic rings. The van der Waals surface area contributed by atoms with E-state index in [1.165, 1.54) is 5.56 Å². The molecule has 4 nitrogen and oxygen atoms in total. The van der Waals surface area contributed by atoms with E-state index in [2.05, 4.69) is 12.0 Å². The molecule has 0 aliphatic carbocycles. The van der Waals surface area contributed by atoms with Crippen molar-refractivity contribution in [3.8, 4) is 0 Å². The zero-order valence-electron chi connectivity index (χ0n) is 9.99. The number of nitrogens with two attached hydrogens (primary N) is 1. The van der Waals surface area contributed by atoms with Crippen LogP contribution in [0.3, 0.4) is 0 Å². The van der Waals surface area contributed by atoms with Crippen LogP contribution in [0.5, 0.6) is 0 Å². The number of rotatable bonds is 4. The van der Waals surface area contributed by atoms with Gasteiger partial charge in [0.2, 0.25) is 0 Å². The van der Waals surface area contributed by atoms with Crippen molar-refractivity contribution >= 4 is 0 Å². The van der Waals surface area contributed by atoms with Gasteiger partial charge in [-0.25, -0.2) is 0 Å². The van der Waals surface area contributed by atoms with Crippen molar-refractivity contribution in [1.82, 2.24) is 9.78 Å². The molecular formula is C11H21N3O. The van der Waals surface area contributed by atoms with Gasteiger partial charge in [-0.1, -0.05) is 6.92 Å². The summed E-state index contributed by atoms with van der Waals surface area (Å²) in [6.07, 6.45) is 0.967. The van der Waals surface area contributed by atoms with Gasteiger partial charge in [-0.15, -0.1) is 0 Å². The van der Waals surface area contributed by atoms with Gasteiger partial charge in [0.1, 0.15) is 0 Å². The zero-order valence-corrected chi connectivity index (χ0v) is 9.99. The van der Waals surface area contributed by atoms with Crippen molar-refractivity contribution in [3.05, 3.63) is 17.0 Å². The first-order chi connectivity index (χ1) is 7.02. The summed E-state index contributed by atoms with van der Waals surface area (Å²) in [5.41, 5.74) is 9.24. The highest BCUT2D eigenvalue weighted by molar-refractivity contribution is 5.24. The number of aliphatic hydroxyl groups is 1. The van der Waals surface area contributed by atoms with Crippen LogP contribution in [-0.4, -0.2) is 27.5 Å². The molecule has 0 amide bonds. The number of aliphatic hydroxyl groups excluding tert-OH is 1. The van der Waals surface area contributed by atoms with E-state index in [1.807, 2.05) is 25.5 Å². The van der Waals surface area contributed by atoms with Crippen molar-refractivity contribution in [2.24, 2.45) is 5.73 Å². The summed E-state index contributed by atoms with van der Waals surface area (Å²) in [5, 5.41) is 13.8. The van der Waals surface area contributed by atoms with Crippen LogP contribution >= 0.6 is 0 Å². The van der Waals surface area contributed by atoms with Gasteiger partial charge in [-0.2, -0.15) is 5.10 Å². The molecule has 1 rings (SSSR count). The number of aromatic nitrogens is 2. The molecule has 0 saturated carbocycles. The Kier molecular flexibility index (Phi) is 3.88. The molecule has 2 atom stereocenters. The number of nitrogens with zero attached hydrogens (tertiary/aromatic N) is 2. The third-order valence-electron chi connectivity index (χ3n) is 2.94. The normalized spacial score (nSPS) is 15.3. The third-order valence-corrected chi connectivity index (χ3v) is 2.94. The fraction of sp³-hybridized carbons (Fsp3) is 0.727. The van der Waals surface area contributed by atoms with Crippen LogP contribution in [-0.2, 0) is 6.42 Å². The number of aryl methyl sites for hydroxylation is 1. The second kappa shape index (κ2) is 4.77. The van der Waals surface area contributed by atoms with Gasteiger partial charge >= 0.3 is 0 Å². The molecule has 4 heteroatoms. The molecule has 3 N–H and O–H groups in total. The van der Waals surface area contributed by atoms with E-state index in [-0.39, 0.29) is 18.7 Å². The first kappa shape index (κ1) is 12.2. The molecule has 0 radical (unpaired) electrons. The molecule has 15 heavy (non-hydrogen) atoms. The van der Waals surface area contributed by atoms with Crippen LogP contribution in [0.15, 0.2) is 0 Å². The van der Waals surface area contributed by atoms with Gasteiger partial charge in [-0.05, 0) is 32.8 Å². The summed E-state index contributed by atoms with van der Waals surface area (Å²) in [7, 11) is 0. The van der Waals surface area contributed by atoms with Crippen molar-refractivity contribution in [2.45, 2.75) is 46.2 Å². The molecule has 0 spiro atoms. The van der Waals surface area contributed by atoms with E-state index in [1.54, 1.807) is 0 Å². The maximum Gasteiger partial charge on any atom is 0.0900 e. The molecule has 1 heterocycles. The molecule has 1 aromatic rings. The highest BCUT2D eigenvalue weighted by Gasteiger charge is 2.20. The molecule has 0 aromatic carbocycles. The third kappa shape index (κ3) is 2.21. The maximum atomic E-state index is 9.31. The lowest BCUT2D eigenvalue weighted by molar-refractivity contribution is 0.199. The Morgan fingerprint density at radius 1 is 1.47 bits per heavy atom. The monoisotopic (exact) mass is 211 g/mol. The van der Waals surface area contributed by atoms with Crippen LogP contribution in [0.25, 0.3) is 0 Å². The Bertz CT molecular complexity index is 331. The largest absolute Gasteiger partial charge is 0.394 e. The van der Waals surface area contributed by atoms with Gasteiger partial charge in [0.15, 0.2) is 0 Å². The molecule has 2 unspecified atom stereocenters. The second-order valence-electron chi connectivity index (χ2n) is 4.06. The second-order valence-corrected chi connectivity index (χ2v) is 4.06. The minimum atomic E-state index is -0.121. The van der Waals surface area contributed by atoms with Crippen LogP contribution in [0.4, 0.5) is 0 Å². The Morgan fingerprint density at radius 3 is 2.40 bits per heavy atom. The van der Waals surface area contributed by atoms with Crippen LogP contribution < -0.4 is 5.73 Å². The Morgan fingerprint density at radius 2 is 2.07 bits per heavy atom. The van der Waals surface area contributed by atoms with Gasteiger partial charge in [0, 0.05) is 11.7 Å². The predicted octanol–water partition coefficient (Wildman–Crippen LogP) is 0.943. The first-order valence-electron chi connectivity index (χ1n) is 5.43. The predicted molar refractivity (Wildman–Crippen MR) is 60.9 cm³/mol. The molecule has 86 valence electrons. The summed E-state index contributed by atoms with van der Waals surface area (Å²) in [6.45, 7) is 8.06. The lowest BCUT2D eigenvalue weighted by atomic mass is 10.1. The van der Waals surface area contributed by atoms with Crippen molar-refractivity contribution in [3.63, 3.8) is 0 Å². The van der Waals surface area contributed by atoms with E-state index in [4.69, 9.17) is 5.73 Å². The molecule has 1 aromatic heterocycles. The minimum Gasteiger partial charge on any atom is -0.394 e. The number of hydrogen-bond donors (Lipinski definition) is 2. The van der Waals surface area contributed by atoms with E-state index in [0.717, 1.165) is 17.8 Å². The number of hydrogen-bond acceptors (Lipinski definition) is 3. The van der Waals surface area contributed by atoms with Gasteiger partial charge in [-0.3, -0.25) is 4.68 Å². The standard InChI is InChI=1S/C11H21N3O/c1-5-10-8(3)13-14(9(10)4)11(6-15)7(2)12/h7,11,15H,5-6,12H2,1-4H3. The van der Waals surface area contributed by atoms with E-state index in [9.17, 15) is 5.11 Å². The van der Waals surface area contributed by atoms with E-state index >= 15 is 0 Å². The highest BCUT2D eigenvalue weighted by atomic mass is 16.3. The van der Waals surface area contributed by atoms with E-state index in [0.29, 0.717) is 0 Å². The zero-order chi connectivity index (χ0) is 11.6. The van der Waals surface area contributed by atoms with Crippen molar-refractivity contribution in [1.29, 1.82) is 0 Å². The molecule has 0 bridgehead atoms. The Hall–Kier alpha value is -0.870. The smallest absolute Gasteiger partial charge is 0.0900 e. The van der Waals surface area contributed by atoms with E-state index < -0.39 is 0 Å². The average molecular weight is 211 g/mol. The van der Waals surface area contributed by atoms with Gasteiger partial charge in [0.05, 0.1) is 18.3 Å². The Balaban J connectivity index is 3.13. The summed E-state index contributed by atoms with van der Waals surface area (Å²) >= 11 is 0. The molecule has 0 saturated heterocycles. The summed E-state index contributed by atoms with van der Waals surface area (Å²) in [6, 6.07) is -0.221. The van der Waals surface area contributed by atoms with Crippen molar-refractivity contribution < 1.29 is 5.11 Å². The van der Waals surface area contributed by atoms with Gasteiger partial charge in [0.25, 0.3) is 0 Å². The minimum absolute atomic E-state index is 0.0305. The quantitative estimate of drug-likeness (QED) is 0.779. The molecular weight excluding hydrogens is 190 g/mol. The molecule has 0 aliphatic heterocycles. The maximum absolute atomic E-state index is 9.31. The fourth-order valence-electron chi connectivity index (χ4n) is 2.00. The topological polar surface area (TPSA) is 64.1 Å². The summed E-state index contributed by atoms with van der Waals surface area (Å²) in [5.74, 6) is 0. The fourth-order valence-corrected chi connectivity index (χ4v) is 2.00. The highest BCUT2D eigenvalue weighted by Crippen LogP contribution is 2.19. The summed E-state index contributed by atoms with van der Waals surface area (Å²) < 4.78 is 1.86. The van der Waals surface area contributed by atoms with Crippen LogP contribution in [0.1, 0.15) is 36.8 Å². The summed E-state index contributed by atoms with van der Waals surface area (Å²) in [4.78, 5) is 0. The SMILES string of the molecule is CCc1c(C)nn(C(CO)C(C)N)c1C. The van der Waals surface area contributed by atoms with Crippen LogP contribution in [0.2, 0.25) is 0 Å². The lowest BCUT2D eigenvalue weighted by Gasteiger charge is -2.20. The Labute approximate surface area is 91.1 Å². The average Bonchev–Trinajstić information content (AvgIpc) is 2.43.